The van der Waals surface area contributed by atoms with Crippen LogP contribution in [0.3, 0.4) is 0 Å². The highest BCUT2D eigenvalue weighted by Crippen LogP contribution is 2.37. The number of ether oxygens (including phenoxy) is 2. The van der Waals surface area contributed by atoms with E-state index in [1.54, 1.807) is 44.9 Å². The van der Waals surface area contributed by atoms with Crippen LogP contribution in [-0.4, -0.2) is 35.7 Å². The number of benzene rings is 2. The number of nitrogens with zero attached hydrogens (tertiary/aromatic N) is 3. The minimum Gasteiger partial charge on any atom is -0.497 e. The van der Waals surface area contributed by atoms with Crippen LogP contribution >= 0.6 is 11.3 Å². The average molecular weight is 532 g/mol. The molecule has 1 aromatic heterocycles. The summed E-state index contributed by atoms with van der Waals surface area (Å²) in [6.07, 6.45) is -0.347. The van der Waals surface area contributed by atoms with Crippen LogP contribution in [0.4, 0.5) is 5.69 Å². The second-order valence-electron chi connectivity index (χ2n) is 9.79. The number of carbonyl (C=O) groups excluding carboxylic acids is 2. The van der Waals surface area contributed by atoms with Gasteiger partial charge in [0.25, 0.3) is 11.5 Å². The molecule has 0 radical (unpaired) electrons. The SMILES string of the molecule is COc1ccc([C@H]2C(C(=O)OC(C)C)=C(C)N=c3s/c(=C4/C(=O)N(C(C)C)c5ccccc54)c(=O)n32)cc1. The number of hydrogen-bond acceptors (Lipinski definition) is 7. The Morgan fingerprint density at radius 2 is 1.71 bits per heavy atom. The highest BCUT2D eigenvalue weighted by molar-refractivity contribution is 7.07. The quantitative estimate of drug-likeness (QED) is 0.471. The maximum Gasteiger partial charge on any atom is 0.338 e. The van der Waals surface area contributed by atoms with Crippen LogP contribution in [0, 0.1) is 0 Å². The van der Waals surface area contributed by atoms with Gasteiger partial charge in [-0.2, -0.15) is 0 Å². The van der Waals surface area contributed by atoms with Crippen molar-refractivity contribution in [2.45, 2.75) is 52.8 Å². The Hall–Kier alpha value is -3.98. The van der Waals surface area contributed by atoms with E-state index < -0.39 is 12.0 Å². The molecule has 9 heteroatoms. The molecule has 0 bridgehead atoms. The number of aromatic nitrogens is 1. The van der Waals surface area contributed by atoms with E-state index in [2.05, 4.69) is 4.99 Å². The minimum absolute atomic E-state index is 0.0865. The largest absolute Gasteiger partial charge is 0.497 e. The molecule has 3 aromatic rings. The zero-order chi connectivity index (χ0) is 27.3. The number of esters is 1. The van der Waals surface area contributed by atoms with Crippen LogP contribution < -0.4 is 24.5 Å². The van der Waals surface area contributed by atoms with Gasteiger partial charge < -0.3 is 14.4 Å². The van der Waals surface area contributed by atoms with Crippen molar-refractivity contribution in [3.8, 4) is 5.75 Å². The molecule has 0 aliphatic carbocycles. The number of methoxy groups -OCH3 is 1. The van der Waals surface area contributed by atoms with Crippen molar-refractivity contribution >= 4 is 34.5 Å². The van der Waals surface area contributed by atoms with E-state index in [9.17, 15) is 14.4 Å². The first-order valence-corrected chi connectivity index (χ1v) is 13.3. The van der Waals surface area contributed by atoms with Gasteiger partial charge in [-0.1, -0.05) is 41.7 Å². The topological polar surface area (TPSA) is 90.2 Å². The lowest BCUT2D eigenvalue weighted by molar-refractivity contribution is -0.143. The number of hydrogen-bond donors (Lipinski definition) is 0. The molecule has 0 fully saturated rings. The van der Waals surface area contributed by atoms with E-state index in [-0.39, 0.29) is 29.2 Å². The van der Waals surface area contributed by atoms with Crippen molar-refractivity contribution < 1.29 is 19.1 Å². The van der Waals surface area contributed by atoms with Gasteiger partial charge in [-0.05, 0) is 58.4 Å². The lowest BCUT2D eigenvalue weighted by Gasteiger charge is -2.25. The van der Waals surface area contributed by atoms with Gasteiger partial charge in [0.1, 0.15) is 10.3 Å². The van der Waals surface area contributed by atoms with Gasteiger partial charge in [-0.3, -0.25) is 14.2 Å². The summed E-state index contributed by atoms with van der Waals surface area (Å²) in [5, 5.41) is 0. The molecule has 0 saturated heterocycles. The summed E-state index contributed by atoms with van der Waals surface area (Å²) in [7, 11) is 1.58. The van der Waals surface area contributed by atoms with Crippen LogP contribution in [0.15, 0.2) is 69.6 Å². The van der Waals surface area contributed by atoms with Crippen LogP contribution in [0.5, 0.6) is 5.75 Å². The lowest BCUT2D eigenvalue weighted by atomic mass is 9.95. The Kier molecular flexibility index (Phi) is 6.56. The lowest BCUT2D eigenvalue weighted by Crippen LogP contribution is -2.41. The van der Waals surface area contributed by atoms with E-state index >= 15 is 0 Å². The van der Waals surface area contributed by atoms with Crippen LogP contribution in [0.2, 0.25) is 0 Å². The maximum atomic E-state index is 14.2. The molecule has 2 aliphatic heterocycles. The number of anilines is 1. The van der Waals surface area contributed by atoms with E-state index in [1.807, 2.05) is 50.2 Å². The summed E-state index contributed by atoms with van der Waals surface area (Å²) in [5.74, 6) is -0.103. The first-order valence-electron chi connectivity index (χ1n) is 12.5. The van der Waals surface area contributed by atoms with Crippen LogP contribution in [0.1, 0.15) is 51.8 Å². The number of allylic oxidation sites excluding steroid dienone is 1. The monoisotopic (exact) mass is 531 g/mol. The van der Waals surface area contributed by atoms with E-state index in [4.69, 9.17) is 9.47 Å². The van der Waals surface area contributed by atoms with Crippen molar-refractivity contribution in [3.63, 3.8) is 0 Å². The van der Waals surface area contributed by atoms with Crippen LogP contribution in [-0.2, 0) is 14.3 Å². The highest BCUT2D eigenvalue weighted by Gasteiger charge is 2.38. The molecule has 0 saturated carbocycles. The molecule has 5 rings (SSSR count). The van der Waals surface area contributed by atoms with Gasteiger partial charge >= 0.3 is 5.97 Å². The normalized spacial score (nSPS) is 18.1. The zero-order valence-electron chi connectivity index (χ0n) is 22.1. The fraction of sp³-hybridized carbons (Fsp3) is 0.310. The van der Waals surface area contributed by atoms with Gasteiger partial charge in [0.15, 0.2) is 4.80 Å². The van der Waals surface area contributed by atoms with Crippen molar-refractivity contribution in [1.29, 1.82) is 0 Å². The molecule has 2 aliphatic rings. The van der Waals surface area contributed by atoms with Gasteiger partial charge in [-0.15, -0.1) is 0 Å². The molecule has 0 unspecified atom stereocenters. The maximum absolute atomic E-state index is 14.2. The molecule has 38 heavy (non-hydrogen) atoms. The Labute approximate surface area is 224 Å². The third-order valence-corrected chi connectivity index (χ3v) is 7.65. The Morgan fingerprint density at radius 3 is 2.34 bits per heavy atom. The highest BCUT2D eigenvalue weighted by atomic mass is 32.1. The Balaban J connectivity index is 1.80. The first kappa shape index (κ1) is 25.7. The number of rotatable bonds is 5. The molecule has 2 aromatic carbocycles. The fourth-order valence-corrected chi connectivity index (χ4v) is 6.12. The molecule has 1 amide bonds. The second-order valence-corrected chi connectivity index (χ2v) is 10.8. The number of para-hydroxylation sites is 1. The Bertz CT molecular complexity index is 1660. The molecule has 3 heterocycles. The van der Waals surface area contributed by atoms with E-state index in [0.717, 1.165) is 5.69 Å². The summed E-state index contributed by atoms with van der Waals surface area (Å²) < 4.78 is 12.7. The second kappa shape index (κ2) is 9.72. The number of thiazole rings is 1. The predicted molar refractivity (Wildman–Crippen MR) is 146 cm³/mol. The van der Waals surface area contributed by atoms with Gasteiger partial charge in [0.2, 0.25) is 0 Å². The molecular formula is C29H29N3O5S. The third kappa shape index (κ3) is 4.07. The van der Waals surface area contributed by atoms with Crippen molar-refractivity contribution in [3.05, 3.63) is 90.6 Å². The van der Waals surface area contributed by atoms with Gasteiger partial charge in [0.05, 0.1) is 41.8 Å². The summed E-state index contributed by atoms with van der Waals surface area (Å²) >= 11 is 1.17. The molecule has 0 N–H and O–H groups in total. The number of amides is 1. The standard InChI is InChI=1S/C29H29N3O5S/c1-15(2)31-21-10-8-7-9-20(21)23(26(31)33)25-27(34)32-24(18-11-13-19(36-6)14-12-18)22(28(35)37-16(3)4)17(5)30-29(32)38-25/h7-16,24H,1-6H3/b25-23+/t24-/m0/s1. The van der Waals surface area contributed by atoms with Gasteiger partial charge in [0, 0.05) is 11.6 Å². The summed E-state index contributed by atoms with van der Waals surface area (Å²) in [4.78, 5) is 47.9. The molecule has 196 valence electrons. The van der Waals surface area contributed by atoms with E-state index in [0.29, 0.717) is 37.5 Å². The average Bonchev–Trinajstić information content (AvgIpc) is 3.35. The fourth-order valence-electron chi connectivity index (χ4n) is 4.98. The Morgan fingerprint density at radius 1 is 1.03 bits per heavy atom. The minimum atomic E-state index is -0.772. The molecule has 1 atom stereocenters. The molecular weight excluding hydrogens is 502 g/mol. The predicted octanol–water partition coefficient (Wildman–Crippen LogP) is 3.32. The molecule has 0 spiro atoms. The summed E-state index contributed by atoms with van der Waals surface area (Å²) in [5.41, 5.74) is 2.94. The molecule has 8 nitrogen and oxygen atoms in total. The van der Waals surface area contributed by atoms with Crippen molar-refractivity contribution in [2.24, 2.45) is 4.99 Å². The van der Waals surface area contributed by atoms with Gasteiger partial charge in [-0.25, -0.2) is 9.79 Å². The summed E-state index contributed by atoms with van der Waals surface area (Å²) in [6, 6.07) is 13.8. The van der Waals surface area contributed by atoms with Crippen LogP contribution in [0.25, 0.3) is 5.57 Å². The van der Waals surface area contributed by atoms with E-state index in [1.165, 1.54) is 15.9 Å². The summed E-state index contributed by atoms with van der Waals surface area (Å²) in [6.45, 7) is 9.18. The van der Waals surface area contributed by atoms with Crippen molar-refractivity contribution in [1.82, 2.24) is 4.57 Å². The third-order valence-electron chi connectivity index (χ3n) is 6.60. The number of fused-ring (bicyclic) bond motifs is 2. The zero-order valence-corrected chi connectivity index (χ0v) is 23.0. The number of carbonyl (C=O) groups is 2. The first-order chi connectivity index (χ1) is 18.1. The smallest absolute Gasteiger partial charge is 0.338 e. The van der Waals surface area contributed by atoms with Crippen molar-refractivity contribution in [2.75, 3.05) is 12.0 Å².